The van der Waals surface area contributed by atoms with Gasteiger partial charge in [-0.15, -0.1) is 12.4 Å². The van der Waals surface area contributed by atoms with E-state index in [1.807, 2.05) is 0 Å². The highest BCUT2D eigenvalue weighted by molar-refractivity contribution is 5.85. The summed E-state index contributed by atoms with van der Waals surface area (Å²) in [4.78, 5) is 21.0. The molecule has 3 aromatic heterocycles. The van der Waals surface area contributed by atoms with Gasteiger partial charge in [0.2, 0.25) is 5.89 Å². The number of nitrogens with zero attached hydrogens (tertiary/aromatic N) is 5. The molecule has 1 N–H and O–H groups in total. The number of pyridine rings is 1. The molecule has 5 rings (SSSR count). The van der Waals surface area contributed by atoms with Crippen LogP contribution >= 0.6 is 12.4 Å². The summed E-state index contributed by atoms with van der Waals surface area (Å²) in [5.41, 5.74) is 0.376. The van der Waals surface area contributed by atoms with E-state index in [0.717, 1.165) is 18.9 Å². The van der Waals surface area contributed by atoms with Crippen molar-refractivity contribution < 1.29 is 4.52 Å². The third-order valence-corrected chi connectivity index (χ3v) is 4.78. The van der Waals surface area contributed by atoms with Gasteiger partial charge in [0.15, 0.2) is 5.82 Å². The summed E-state index contributed by atoms with van der Waals surface area (Å²) in [5, 5.41) is 12.1. The van der Waals surface area contributed by atoms with Crippen molar-refractivity contribution in [2.24, 2.45) is 11.8 Å². The van der Waals surface area contributed by atoms with E-state index in [0.29, 0.717) is 34.5 Å². The topological polar surface area (TPSA) is 98.7 Å². The van der Waals surface area contributed by atoms with E-state index < -0.39 is 0 Å². The molecule has 1 aliphatic heterocycles. The smallest absolute Gasteiger partial charge is 0.276 e. The van der Waals surface area contributed by atoms with Gasteiger partial charge >= 0.3 is 0 Å². The quantitative estimate of drug-likeness (QED) is 0.740. The zero-order chi connectivity index (χ0) is 15.4. The zero-order valence-corrected chi connectivity index (χ0v) is 13.4. The first-order valence-electron chi connectivity index (χ1n) is 7.65. The summed E-state index contributed by atoms with van der Waals surface area (Å²) < 4.78 is 6.64. The third kappa shape index (κ3) is 2.30. The number of hydrogen-bond donors (Lipinski definition) is 1. The minimum absolute atomic E-state index is 0. The molecule has 9 heteroatoms. The molecular formula is C15H15ClN6O2. The first-order chi connectivity index (χ1) is 11.3. The van der Waals surface area contributed by atoms with Crippen LogP contribution in [0.2, 0.25) is 0 Å². The van der Waals surface area contributed by atoms with Crippen LogP contribution < -0.4 is 10.9 Å². The predicted molar refractivity (Wildman–Crippen MR) is 87.0 cm³/mol. The normalized spacial score (nSPS) is 24.6. The lowest BCUT2D eigenvalue weighted by Crippen LogP contribution is -2.23. The maximum Gasteiger partial charge on any atom is 0.276 e. The van der Waals surface area contributed by atoms with E-state index in [9.17, 15) is 4.79 Å². The minimum Gasteiger partial charge on any atom is -0.337 e. The van der Waals surface area contributed by atoms with Gasteiger partial charge in [0.1, 0.15) is 6.54 Å². The average molecular weight is 347 g/mol. The maximum atomic E-state index is 12.4. The predicted octanol–water partition coefficient (Wildman–Crippen LogP) is 0.577. The Labute approximate surface area is 142 Å². The second kappa shape index (κ2) is 5.64. The van der Waals surface area contributed by atoms with Gasteiger partial charge in [-0.3, -0.25) is 9.78 Å². The molecule has 8 nitrogen and oxygen atoms in total. The molecule has 4 heterocycles. The molecule has 1 saturated heterocycles. The molecule has 3 atom stereocenters. The molecule has 0 spiro atoms. The summed E-state index contributed by atoms with van der Waals surface area (Å²) in [6.07, 6.45) is 3.21. The molecule has 0 radical (unpaired) electrons. The van der Waals surface area contributed by atoms with Gasteiger partial charge in [-0.25, -0.2) is 4.68 Å². The van der Waals surface area contributed by atoms with Crippen molar-refractivity contribution in [3.8, 4) is 0 Å². The van der Waals surface area contributed by atoms with Gasteiger partial charge in [0.05, 0.1) is 17.1 Å². The van der Waals surface area contributed by atoms with Crippen molar-refractivity contribution in [1.29, 1.82) is 0 Å². The van der Waals surface area contributed by atoms with Crippen LogP contribution in [0, 0.1) is 11.8 Å². The number of nitrogens with one attached hydrogen (secondary N) is 1. The Kier molecular flexibility index (Phi) is 3.58. The Balaban J connectivity index is 0.00000146. The molecule has 3 aromatic rings. The lowest BCUT2D eigenvalue weighted by molar-refractivity contribution is 0.358. The second-order valence-electron chi connectivity index (χ2n) is 6.10. The molecule has 0 amide bonds. The van der Waals surface area contributed by atoms with Gasteiger partial charge in [0, 0.05) is 12.1 Å². The molecule has 124 valence electrons. The summed E-state index contributed by atoms with van der Waals surface area (Å²) in [6, 6.07) is 3.47. The molecule has 0 bridgehead atoms. The molecule has 0 unspecified atom stereocenters. The highest BCUT2D eigenvalue weighted by atomic mass is 35.5. The monoisotopic (exact) mass is 346 g/mol. The molecule has 0 aromatic carbocycles. The lowest BCUT2D eigenvalue weighted by atomic mass is 10.3. The summed E-state index contributed by atoms with van der Waals surface area (Å²) >= 11 is 0. The molecule has 1 saturated carbocycles. The van der Waals surface area contributed by atoms with E-state index in [1.165, 1.54) is 4.68 Å². The summed E-state index contributed by atoms with van der Waals surface area (Å²) in [6.45, 7) is 2.23. The van der Waals surface area contributed by atoms with Crippen molar-refractivity contribution in [2.45, 2.75) is 12.5 Å². The van der Waals surface area contributed by atoms with Crippen molar-refractivity contribution >= 4 is 23.3 Å². The van der Waals surface area contributed by atoms with Crippen LogP contribution in [0.1, 0.15) is 17.6 Å². The van der Waals surface area contributed by atoms with E-state index >= 15 is 0 Å². The number of fused-ring (bicyclic) bond motifs is 2. The number of rotatable bonds is 3. The van der Waals surface area contributed by atoms with E-state index in [1.54, 1.807) is 24.5 Å². The highest BCUT2D eigenvalue weighted by Crippen LogP contribution is 2.54. The Morgan fingerprint density at radius 2 is 2.17 bits per heavy atom. The van der Waals surface area contributed by atoms with E-state index in [2.05, 4.69) is 25.5 Å². The van der Waals surface area contributed by atoms with Gasteiger partial charge in [-0.05, 0) is 37.1 Å². The highest BCUT2D eigenvalue weighted by Gasteiger charge is 2.55. The van der Waals surface area contributed by atoms with Gasteiger partial charge < -0.3 is 9.84 Å². The van der Waals surface area contributed by atoms with Crippen LogP contribution in [0.4, 0.5) is 0 Å². The number of aromatic nitrogens is 5. The fourth-order valence-corrected chi connectivity index (χ4v) is 3.53. The van der Waals surface area contributed by atoms with Gasteiger partial charge in [-0.2, -0.15) is 10.1 Å². The lowest BCUT2D eigenvalue weighted by Gasteiger charge is -2.02. The Morgan fingerprint density at radius 3 is 3.00 bits per heavy atom. The van der Waals surface area contributed by atoms with Gasteiger partial charge in [0.25, 0.3) is 5.56 Å². The standard InChI is InChI=1S/C15H14N6O2.ClH/c22-15-8-2-1-3-17-11(8)6-18-21(15)7-12-19-14(20-23-12)13-9-4-16-5-10(9)13;/h1-3,6,9-10,13,16H,4-5,7H2;1H/t9-,10+,13-;. The Hall–Kier alpha value is -2.32. The molecule has 2 aliphatic rings. The van der Waals surface area contributed by atoms with Crippen LogP contribution in [0.15, 0.2) is 33.8 Å². The molecular weight excluding hydrogens is 332 g/mol. The fourth-order valence-electron chi connectivity index (χ4n) is 3.53. The Bertz CT molecular complexity index is 944. The molecule has 1 aliphatic carbocycles. The van der Waals surface area contributed by atoms with Crippen LogP contribution in [0.25, 0.3) is 10.9 Å². The number of piperidine rings is 1. The first kappa shape index (κ1) is 15.2. The van der Waals surface area contributed by atoms with Crippen molar-refractivity contribution in [3.63, 3.8) is 0 Å². The SMILES string of the molecule is Cl.O=c1c2cccnc2cnn1Cc1nc([C@@H]2[C@@H]3CNC[C@@H]32)no1. The molecule has 24 heavy (non-hydrogen) atoms. The number of halogens is 1. The van der Waals surface area contributed by atoms with Gasteiger partial charge in [-0.1, -0.05) is 5.16 Å². The summed E-state index contributed by atoms with van der Waals surface area (Å²) in [5.74, 6) is 2.84. The third-order valence-electron chi connectivity index (χ3n) is 4.78. The first-order valence-corrected chi connectivity index (χ1v) is 7.65. The largest absolute Gasteiger partial charge is 0.337 e. The maximum absolute atomic E-state index is 12.4. The van der Waals surface area contributed by atoms with E-state index in [4.69, 9.17) is 4.52 Å². The van der Waals surface area contributed by atoms with Crippen molar-refractivity contribution in [2.75, 3.05) is 13.1 Å². The van der Waals surface area contributed by atoms with Crippen LogP contribution in [-0.4, -0.2) is 38.0 Å². The van der Waals surface area contributed by atoms with Crippen LogP contribution in [0.5, 0.6) is 0 Å². The Morgan fingerprint density at radius 1 is 1.33 bits per heavy atom. The second-order valence-corrected chi connectivity index (χ2v) is 6.10. The number of hydrogen-bond acceptors (Lipinski definition) is 7. The van der Waals surface area contributed by atoms with Crippen LogP contribution in [-0.2, 0) is 6.54 Å². The van der Waals surface area contributed by atoms with E-state index in [-0.39, 0.29) is 24.5 Å². The summed E-state index contributed by atoms with van der Waals surface area (Å²) in [7, 11) is 0. The van der Waals surface area contributed by atoms with Crippen molar-refractivity contribution in [1.82, 2.24) is 30.2 Å². The minimum atomic E-state index is -0.206. The average Bonchev–Trinajstić information content (AvgIpc) is 2.96. The fraction of sp³-hybridized carbons (Fsp3) is 0.400. The van der Waals surface area contributed by atoms with Crippen molar-refractivity contribution in [3.05, 3.63) is 46.6 Å². The molecule has 2 fully saturated rings. The van der Waals surface area contributed by atoms with Crippen LogP contribution in [0.3, 0.4) is 0 Å². The zero-order valence-electron chi connectivity index (χ0n) is 12.6.